The number of carbonyl (C=O) groups excluding carboxylic acids is 3. The van der Waals surface area contributed by atoms with Crippen LogP contribution < -0.4 is 5.32 Å². The van der Waals surface area contributed by atoms with Crippen molar-refractivity contribution in [2.45, 2.75) is 148 Å². The van der Waals surface area contributed by atoms with Crippen molar-refractivity contribution in [2.24, 2.45) is 28.6 Å². The predicted octanol–water partition coefficient (Wildman–Crippen LogP) is 7.48. The van der Waals surface area contributed by atoms with Crippen LogP contribution in [0.3, 0.4) is 0 Å². The number of fused-ring (bicyclic) bond motifs is 5. The summed E-state index contributed by atoms with van der Waals surface area (Å²) in [5.74, 6) is 1.82. The quantitative estimate of drug-likeness (QED) is 0.391. The number of nitrogens with zero attached hydrogens (tertiary/aromatic N) is 1. The monoisotopic (exact) mass is 522 g/mol. The van der Waals surface area contributed by atoms with Crippen molar-refractivity contribution >= 4 is 17.7 Å². The second-order valence-electron chi connectivity index (χ2n) is 14.4. The maximum atomic E-state index is 14.5. The predicted molar refractivity (Wildman–Crippen MR) is 149 cm³/mol. The number of allylic oxidation sites excluding steroid dienone is 1. The Morgan fingerprint density at radius 2 is 1.47 bits per heavy atom. The van der Waals surface area contributed by atoms with Crippen molar-refractivity contribution in [2.75, 3.05) is 0 Å². The molecule has 0 unspecified atom stereocenters. The molecule has 0 aromatic carbocycles. The lowest BCUT2D eigenvalue weighted by atomic mass is 9.47. The van der Waals surface area contributed by atoms with E-state index in [-0.39, 0.29) is 35.2 Å². The topological polar surface area (TPSA) is 66.5 Å². The van der Waals surface area contributed by atoms with Gasteiger partial charge in [-0.05, 0) is 105 Å². The van der Waals surface area contributed by atoms with Gasteiger partial charge in [-0.3, -0.25) is 14.5 Å². The fourth-order valence-corrected chi connectivity index (χ4v) is 10.3. The third-order valence-electron chi connectivity index (χ3n) is 12.4. The number of imide groups is 1. The molecule has 6 aliphatic rings. The normalized spacial score (nSPS) is 38.3. The molecule has 0 saturated heterocycles. The third-order valence-corrected chi connectivity index (χ3v) is 12.4. The summed E-state index contributed by atoms with van der Waals surface area (Å²) in [6.07, 6.45) is 20.4. The Labute approximate surface area is 229 Å². The first-order valence-electron chi connectivity index (χ1n) is 16.2. The van der Waals surface area contributed by atoms with Crippen LogP contribution in [0.1, 0.15) is 136 Å². The Kier molecular flexibility index (Phi) is 7.27. The zero-order valence-electron chi connectivity index (χ0n) is 24.0. The van der Waals surface area contributed by atoms with Crippen molar-refractivity contribution in [1.82, 2.24) is 10.2 Å². The van der Waals surface area contributed by atoms with Crippen molar-refractivity contribution in [3.05, 3.63) is 11.1 Å². The van der Waals surface area contributed by atoms with Gasteiger partial charge in [0, 0.05) is 18.5 Å². The fourth-order valence-electron chi connectivity index (χ4n) is 10.3. The molecule has 5 fully saturated rings. The number of amides is 3. The van der Waals surface area contributed by atoms with Crippen molar-refractivity contribution in [3.8, 4) is 0 Å². The minimum atomic E-state index is -0.268. The van der Waals surface area contributed by atoms with Crippen LogP contribution in [0.25, 0.3) is 0 Å². The average molecular weight is 523 g/mol. The highest BCUT2D eigenvalue weighted by atomic mass is 16.2. The van der Waals surface area contributed by atoms with E-state index in [2.05, 4.69) is 19.2 Å². The molecule has 5 heteroatoms. The molecular weight excluding hydrogens is 472 g/mol. The van der Waals surface area contributed by atoms with E-state index in [1.54, 1.807) is 4.90 Å². The molecule has 0 aliphatic heterocycles. The Morgan fingerprint density at radius 3 is 2.21 bits per heavy atom. The van der Waals surface area contributed by atoms with Crippen LogP contribution in [0.4, 0.5) is 4.79 Å². The zero-order valence-corrected chi connectivity index (χ0v) is 24.0. The Hall–Kier alpha value is -1.65. The molecule has 5 nitrogen and oxygen atoms in total. The van der Waals surface area contributed by atoms with E-state index in [1.165, 1.54) is 38.5 Å². The van der Waals surface area contributed by atoms with Gasteiger partial charge in [-0.25, -0.2) is 4.79 Å². The Morgan fingerprint density at radius 1 is 0.763 bits per heavy atom. The van der Waals surface area contributed by atoms with Crippen molar-refractivity contribution in [3.63, 3.8) is 0 Å². The number of hydrogen-bond acceptors (Lipinski definition) is 3. The van der Waals surface area contributed by atoms with E-state index in [9.17, 15) is 14.4 Å². The van der Waals surface area contributed by atoms with Crippen LogP contribution in [-0.4, -0.2) is 34.7 Å². The largest absolute Gasteiger partial charge is 0.335 e. The van der Waals surface area contributed by atoms with Crippen LogP contribution >= 0.6 is 0 Å². The number of nitrogens with one attached hydrogen (secondary N) is 1. The smallest absolute Gasteiger partial charge is 0.324 e. The van der Waals surface area contributed by atoms with E-state index >= 15 is 0 Å². The lowest BCUT2D eigenvalue weighted by Gasteiger charge is -2.58. The van der Waals surface area contributed by atoms with E-state index < -0.39 is 0 Å². The lowest BCUT2D eigenvalue weighted by molar-refractivity contribution is -0.131. The highest BCUT2D eigenvalue weighted by molar-refractivity contribution is 6.23. The van der Waals surface area contributed by atoms with Gasteiger partial charge in [0.25, 0.3) is 5.91 Å². The van der Waals surface area contributed by atoms with E-state index in [4.69, 9.17) is 0 Å². The van der Waals surface area contributed by atoms with Crippen LogP contribution in [0.2, 0.25) is 0 Å². The summed E-state index contributed by atoms with van der Waals surface area (Å²) < 4.78 is 0. The Bertz CT molecular complexity index is 990. The highest BCUT2D eigenvalue weighted by Crippen LogP contribution is 2.65. The number of hydrogen-bond donors (Lipinski definition) is 1. The first kappa shape index (κ1) is 26.6. The minimum Gasteiger partial charge on any atom is -0.335 e. The summed E-state index contributed by atoms with van der Waals surface area (Å²) >= 11 is 0. The first-order chi connectivity index (χ1) is 18.3. The number of urea groups is 1. The van der Waals surface area contributed by atoms with Gasteiger partial charge in [-0.2, -0.15) is 0 Å². The lowest BCUT2D eigenvalue weighted by Crippen LogP contribution is -2.55. The SMILES string of the molecule is C[C@@]12CCC[C@H]1[C@@H]1CCC3=C(C(=O)N(C(=O)NC4CCCCC4)C4CCCCC4)C(=O)CC[C@]3(C)[C@@H]1CC2. The zero-order chi connectivity index (χ0) is 26.5. The van der Waals surface area contributed by atoms with Crippen LogP contribution in [0.15, 0.2) is 11.1 Å². The molecule has 0 radical (unpaired) electrons. The van der Waals surface area contributed by atoms with E-state index in [1.807, 2.05) is 0 Å². The molecule has 5 saturated carbocycles. The van der Waals surface area contributed by atoms with Crippen molar-refractivity contribution < 1.29 is 14.4 Å². The van der Waals surface area contributed by atoms with Gasteiger partial charge in [0.1, 0.15) is 0 Å². The third kappa shape index (κ3) is 4.48. The summed E-state index contributed by atoms with van der Waals surface area (Å²) in [6.45, 7) is 4.91. The maximum Gasteiger partial charge on any atom is 0.324 e. The maximum absolute atomic E-state index is 14.5. The van der Waals surface area contributed by atoms with Gasteiger partial charge in [-0.15, -0.1) is 0 Å². The number of ketones is 1. The first-order valence-corrected chi connectivity index (χ1v) is 16.2. The highest BCUT2D eigenvalue weighted by Gasteiger charge is 2.58. The molecule has 0 heterocycles. The van der Waals surface area contributed by atoms with E-state index in [0.29, 0.717) is 23.3 Å². The summed E-state index contributed by atoms with van der Waals surface area (Å²) in [5, 5.41) is 3.24. The molecule has 6 aliphatic carbocycles. The molecule has 0 bridgehead atoms. The molecular formula is C33H50N2O3. The van der Waals surface area contributed by atoms with Gasteiger partial charge in [0.15, 0.2) is 5.78 Å². The molecule has 38 heavy (non-hydrogen) atoms. The van der Waals surface area contributed by atoms with Gasteiger partial charge in [-0.1, -0.05) is 58.8 Å². The number of Topliss-reactive ketones (excluding diaryl/α,β-unsaturated/α-hetero) is 1. The van der Waals surface area contributed by atoms with Gasteiger partial charge < -0.3 is 5.32 Å². The Balaban J connectivity index is 1.32. The molecule has 0 aromatic heterocycles. The molecule has 3 amide bonds. The molecule has 210 valence electrons. The number of carbonyl (C=O) groups is 3. The van der Waals surface area contributed by atoms with E-state index in [0.717, 1.165) is 94.5 Å². The van der Waals surface area contributed by atoms with Crippen LogP contribution in [-0.2, 0) is 9.59 Å². The second kappa shape index (κ2) is 10.4. The van der Waals surface area contributed by atoms with Gasteiger partial charge >= 0.3 is 6.03 Å². The summed E-state index contributed by atoms with van der Waals surface area (Å²) in [5.41, 5.74) is 1.95. The minimum absolute atomic E-state index is 0.00582. The van der Waals surface area contributed by atoms with Gasteiger partial charge in [0.05, 0.1) is 5.57 Å². The second-order valence-corrected chi connectivity index (χ2v) is 14.4. The standard InChI is InChI=1S/C33H50N2O3/c1-32-19-9-14-25(32)24-15-16-27-29(28(36)18-21-33(27,2)26(24)17-20-32)30(37)35(23-12-7-4-8-13-23)31(38)34-22-10-5-3-6-11-22/h22-26H,3-21H2,1-2H3,(H,34,38)/t24-,25-,26+,32-,33+/m0/s1. The molecule has 5 atom stereocenters. The molecule has 0 spiro atoms. The summed E-state index contributed by atoms with van der Waals surface area (Å²) in [4.78, 5) is 43.4. The van der Waals surface area contributed by atoms with Crippen molar-refractivity contribution in [1.29, 1.82) is 0 Å². The summed E-state index contributed by atoms with van der Waals surface area (Å²) in [6, 6.07) is -0.173. The summed E-state index contributed by atoms with van der Waals surface area (Å²) in [7, 11) is 0. The van der Waals surface area contributed by atoms with Crippen LogP contribution in [0.5, 0.6) is 0 Å². The molecule has 0 aromatic rings. The fraction of sp³-hybridized carbons (Fsp3) is 0.848. The van der Waals surface area contributed by atoms with Gasteiger partial charge in [0.2, 0.25) is 0 Å². The average Bonchev–Trinajstić information content (AvgIpc) is 3.32. The molecule has 6 rings (SSSR count). The number of rotatable bonds is 3. The molecule has 1 N–H and O–H groups in total. The van der Waals surface area contributed by atoms with Crippen LogP contribution in [0, 0.1) is 28.6 Å².